The molecule has 2 unspecified atom stereocenters. The van der Waals surface area contributed by atoms with Crippen molar-refractivity contribution in [2.24, 2.45) is 17.8 Å². The Morgan fingerprint density at radius 1 is 0.913 bits per heavy atom. The minimum atomic E-state index is -0.853. The molecule has 1 saturated carbocycles. The van der Waals surface area contributed by atoms with E-state index in [9.17, 15) is 14.7 Å². The molecule has 0 aromatic heterocycles. The highest BCUT2D eigenvalue weighted by Crippen LogP contribution is 2.39. The molecule has 1 fully saturated rings. The van der Waals surface area contributed by atoms with Crippen LogP contribution in [-0.4, -0.2) is 16.9 Å². The molecule has 1 aliphatic rings. The van der Waals surface area contributed by atoms with Crippen LogP contribution < -0.4 is 0 Å². The van der Waals surface area contributed by atoms with E-state index in [2.05, 4.69) is 0 Å². The molecule has 3 rings (SSSR count). The Labute approximate surface area is 136 Å². The number of aliphatic carboxylic acids is 1. The number of Topliss-reactive ketones (excluding diaryl/α,β-unsaturated/α-hetero) is 1. The molecule has 0 radical (unpaired) electrons. The first kappa shape index (κ1) is 15.5. The lowest BCUT2D eigenvalue weighted by Gasteiger charge is -2.17. The van der Waals surface area contributed by atoms with E-state index in [-0.39, 0.29) is 11.7 Å². The minimum absolute atomic E-state index is 0.0404. The highest BCUT2D eigenvalue weighted by atomic mass is 16.4. The number of ketones is 1. The van der Waals surface area contributed by atoms with Crippen LogP contribution >= 0.6 is 0 Å². The average Bonchev–Trinajstić information content (AvgIpc) is 2.97. The van der Waals surface area contributed by atoms with E-state index in [0.29, 0.717) is 12.0 Å². The number of carboxylic acid groups (broad SMARTS) is 1. The fourth-order valence-electron chi connectivity index (χ4n) is 3.58. The van der Waals surface area contributed by atoms with Gasteiger partial charge >= 0.3 is 5.97 Å². The Bertz CT molecular complexity index is 703. The maximum absolute atomic E-state index is 12.7. The summed E-state index contributed by atoms with van der Waals surface area (Å²) in [6.45, 7) is 1.92. The van der Waals surface area contributed by atoms with Crippen LogP contribution in [0.1, 0.15) is 30.1 Å². The fourth-order valence-corrected chi connectivity index (χ4v) is 3.58. The molecule has 2 aromatic carbocycles. The zero-order valence-electron chi connectivity index (χ0n) is 13.1. The molecule has 1 N–H and O–H groups in total. The zero-order valence-corrected chi connectivity index (χ0v) is 13.1. The molecule has 0 spiro atoms. The van der Waals surface area contributed by atoms with Gasteiger partial charge in [0.05, 0.1) is 5.92 Å². The van der Waals surface area contributed by atoms with Gasteiger partial charge in [0.2, 0.25) is 0 Å². The molecule has 3 heteroatoms. The molecular weight excluding hydrogens is 288 g/mol. The van der Waals surface area contributed by atoms with Crippen molar-refractivity contribution in [1.29, 1.82) is 0 Å². The van der Waals surface area contributed by atoms with E-state index < -0.39 is 17.8 Å². The number of hydrogen-bond acceptors (Lipinski definition) is 2. The van der Waals surface area contributed by atoms with Gasteiger partial charge in [0.25, 0.3) is 0 Å². The number of carbonyl (C=O) groups excluding carboxylic acids is 1. The van der Waals surface area contributed by atoms with Gasteiger partial charge in [0.15, 0.2) is 5.78 Å². The monoisotopic (exact) mass is 308 g/mol. The van der Waals surface area contributed by atoms with Crippen molar-refractivity contribution in [2.75, 3.05) is 0 Å². The summed E-state index contributed by atoms with van der Waals surface area (Å²) in [6, 6.07) is 17.4. The number of benzene rings is 2. The number of carboxylic acids is 1. The molecular formula is C20H20O3. The predicted molar refractivity (Wildman–Crippen MR) is 89.2 cm³/mol. The summed E-state index contributed by atoms with van der Waals surface area (Å²) in [7, 11) is 0. The molecule has 3 nitrogen and oxygen atoms in total. The normalized spacial score (nSPS) is 23.6. The zero-order chi connectivity index (χ0) is 16.4. The second-order valence-electron chi connectivity index (χ2n) is 6.33. The fraction of sp³-hybridized carbons (Fsp3) is 0.300. The topological polar surface area (TPSA) is 54.4 Å². The second kappa shape index (κ2) is 6.37. The van der Waals surface area contributed by atoms with E-state index in [4.69, 9.17) is 0 Å². The van der Waals surface area contributed by atoms with E-state index in [1.807, 2.05) is 61.5 Å². The van der Waals surface area contributed by atoms with E-state index >= 15 is 0 Å². The largest absolute Gasteiger partial charge is 0.481 e. The third-order valence-electron chi connectivity index (χ3n) is 4.88. The van der Waals surface area contributed by atoms with Crippen LogP contribution in [0.2, 0.25) is 0 Å². The summed E-state index contributed by atoms with van der Waals surface area (Å²) < 4.78 is 0. The Hall–Kier alpha value is -2.42. The van der Waals surface area contributed by atoms with Gasteiger partial charge in [-0.3, -0.25) is 9.59 Å². The first-order valence-electron chi connectivity index (χ1n) is 8.00. The van der Waals surface area contributed by atoms with Crippen molar-refractivity contribution in [3.8, 4) is 11.1 Å². The lowest BCUT2D eigenvalue weighted by molar-refractivity contribution is -0.143. The van der Waals surface area contributed by atoms with Crippen molar-refractivity contribution in [3.63, 3.8) is 0 Å². The second-order valence-corrected chi connectivity index (χ2v) is 6.33. The van der Waals surface area contributed by atoms with Crippen LogP contribution in [0.4, 0.5) is 0 Å². The van der Waals surface area contributed by atoms with Crippen LogP contribution in [0.15, 0.2) is 54.6 Å². The minimum Gasteiger partial charge on any atom is -0.481 e. The van der Waals surface area contributed by atoms with Crippen molar-refractivity contribution < 1.29 is 14.7 Å². The first-order chi connectivity index (χ1) is 11.1. The summed E-state index contributed by atoms with van der Waals surface area (Å²) in [4.78, 5) is 24.1. The molecule has 0 amide bonds. The lowest BCUT2D eigenvalue weighted by Crippen LogP contribution is -2.28. The Kier molecular flexibility index (Phi) is 4.28. The first-order valence-corrected chi connectivity index (χ1v) is 8.00. The van der Waals surface area contributed by atoms with Crippen LogP contribution in [0.3, 0.4) is 0 Å². The van der Waals surface area contributed by atoms with Crippen LogP contribution in [0, 0.1) is 17.8 Å². The third-order valence-corrected chi connectivity index (χ3v) is 4.88. The van der Waals surface area contributed by atoms with Gasteiger partial charge in [-0.05, 0) is 29.9 Å². The molecule has 0 aliphatic heterocycles. The van der Waals surface area contributed by atoms with Gasteiger partial charge in [-0.15, -0.1) is 0 Å². The van der Waals surface area contributed by atoms with Crippen molar-refractivity contribution in [1.82, 2.24) is 0 Å². The van der Waals surface area contributed by atoms with E-state index in [1.165, 1.54) is 0 Å². The average molecular weight is 308 g/mol. The standard InChI is InChI=1S/C20H20O3/c1-13-7-12-17(18(13)20(22)23)19(21)16-10-8-15(9-11-16)14-5-3-2-4-6-14/h2-6,8-11,13,17-18H,7,12H2,1H3,(H,22,23)/t13?,17-,18?/m0/s1. The van der Waals surface area contributed by atoms with Gasteiger partial charge in [0, 0.05) is 11.5 Å². The summed E-state index contributed by atoms with van der Waals surface area (Å²) in [5.74, 6) is -1.79. The van der Waals surface area contributed by atoms with Gasteiger partial charge in [0.1, 0.15) is 0 Å². The lowest BCUT2D eigenvalue weighted by atomic mass is 9.85. The van der Waals surface area contributed by atoms with Gasteiger partial charge in [-0.1, -0.05) is 61.5 Å². The summed E-state index contributed by atoms with van der Waals surface area (Å²) in [5, 5.41) is 9.39. The summed E-state index contributed by atoms with van der Waals surface area (Å²) in [5.41, 5.74) is 2.76. The van der Waals surface area contributed by atoms with E-state index in [0.717, 1.165) is 17.5 Å². The van der Waals surface area contributed by atoms with Gasteiger partial charge in [-0.2, -0.15) is 0 Å². The van der Waals surface area contributed by atoms with E-state index in [1.54, 1.807) is 0 Å². The number of carbonyl (C=O) groups is 2. The Morgan fingerprint density at radius 3 is 2.13 bits per heavy atom. The molecule has 1 aliphatic carbocycles. The molecule has 23 heavy (non-hydrogen) atoms. The molecule has 2 aromatic rings. The SMILES string of the molecule is CC1CC[C@H](C(=O)c2ccc(-c3ccccc3)cc2)C1C(=O)O. The van der Waals surface area contributed by atoms with Crippen LogP contribution in [0.25, 0.3) is 11.1 Å². The van der Waals surface area contributed by atoms with Crippen molar-refractivity contribution in [2.45, 2.75) is 19.8 Å². The van der Waals surface area contributed by atoms with Crippen molar-refractivity contribution in [3.05, 3.63) is 60.2 Å². The quantitative estimate of drug-likeness (QED) is 0.858. The van der Waals surface area contributed by atoms with Crippen LogP contribution in [0.5, 0.6) is 0 Å². The van der Waals surface area contributed by atoms with Gasteiger partial charge < -0.3 is 5.11 Å². The predicted octanol–water partition coefficient (Wildman–Crippen LogP) is 4.28. The molecule has 0 saturated heterocycles. The van der Waals surface area contributed by atoms with Gasteiger partial charge in [-0.25, -0.2) is 0 Å². The summed E-state index contributed by atoms with van der Waals surface area (Å²) >= 11 is 0. The highest BCUT2D eigenvalue weighted by molar-refractivity contribution is 6.00. The maximum atomic E-state index is 12.7. The van der Waals surface area contributed by atoms with Crippen molar-refractivity contribution >= 4 is 11.8 Å². The molecule has 118 valence electrons. The summed E-state index contributed by atoms with van der Waals surface area (Å²) in [6.07, 6.45) is 1.47. The Balaban J connectivity index is 1.82. The Morgan fingerprint density at radius 2 is 1.52 bits per heavy atom. The number of rotatable bonds is 4. The third kappa shape index (κ3) is 3.04. The van der Waals surface area contributed by atoms with Crippen LogP contribution in [-0.2, 0) is 4.79 Å². The highest BCUT2D eigenvalue weighted by Gasteiger charge is 2.42. The molecule has 0 heterocycles. The molecule has 3 atom stereocenters. The maximum Gasteiger partial charge on any atom is 0.307 e. The molecule has 0 bridgehead atoms. The number of hydrogen-bond donors (Lipinski definition) is 1. The smallest absolute Gasteiger partial charge is 0.307 e.